The van der Waals surface area contributed by atoms with Crippen LogP contribution in [0.15, 0.2) is 66.7 Å². The van der Waals surface area contributed by atoms with Crippen LogP contribution in [-0.2, 0) is 0 Å². The molecule has 1 amide bonds. The minimum absolute atomic E-state index is 0.155. The van der Waals surface area contributed by atoms with Gasteiger partial charge in [-0.2, -0.15) is 0 Å². The van der Waals surface area contributed by atoms with Crippen LogP contribution in [0.3, 0.4) is 0 Å². The Labute approximate surface area is 112 Å². The molecular formula is C16H15NO2. The van der Waals surface area contributed by atoms with E-state index in [4.69, 9.17) is 0 Å². The van der Waals surface area contributed by atoms with E-state index in [-0.39, 0.29) is 18.2 Å². The molecule has 0 atom stereocenters. The number of aliphatic hydroxyl groups excluding tert-OH is 1. The van der Waals surface area contributed by atoms with E-state index in [1.54, 1.807) is 18.2 Å². The predicted molar refractivity (Wildman–Crippen MR) is 75.8 cm³/mol. The van der Waals surface area contributed by atoms with Crippen molar-refractivity contribution in [3.63, 3.8) is 0 Å². The van der Waals surface area contributed by atoms with Gasteiger partial charge in [0.05, 0.1) is 0 Å². The lowest BCUT2D eigenvalue weighted by Crippen LogP contribution is -2.23. The average Bonchev–Trinajstić information content (AvgIpc) is 2.49. The summed E-state index contributed by atoms with van der Waals surface area (Å²) in [6, 6.07) is 18.2. The number of benzene rings is 2. The lowest BCUT2D eigenvalue weighted by Gasteiger charge is -2.03. The van der Waals surface area contributed by atoms with Crippen molar-refractivity contribution in [1.29, 1.82) is 0 Å². The van der Waals surface area contributed by atoms with Gasteiger partial charge in [0.25, 0.3) is 5.91 Å². The van der Waals surface area contributed by atoms with Crippen LogP contribution >= 0.6 is 0 Å². The van der Waals surface area contributed by atoms with Crippen LogP contribution in [0.1, 0.15) is 15.9 Å². The quantitative estimate of drug-likeness (QED) is 0.823. The molecule has 3 heteroatoms. The Morgan fingerprint density at radius 1 is 0.947 bits per heavy atom. The summed E-state index contributed by atoms with van der Waals surface area (Å²) in [7, 11) is 0. The predicted octanol–water partition coefficient (Wildman–Crippen LogP) is 3.02. The summed E-state index contributed by atoms with van der Waals surface area (Å²) in [6.45, 7) is 0.286. The van der Waals surface area contributed by atoms with E-state index >= 15 is 0 Å². The van der Waals surface area contributed by atoms with E-state index < -0.39 is 0 Å². The summed E-state index contributed by atoms with van der Waals surface area (Å²) in [5.41, 5.74) is 1.34. The second kappa shape index (κ2) is 6.40. The first-order chi connectivity index (χ1) is 9.27. The van der Waals surface area contributed by atoms with Crippen LogP contribution in [0.25, 0.3) is 5.76 Å². The molecule has 0 aromatic heterocycles. The highest BCUT2D eigenvalue weighted by molar-refractivity contribution is 5.94. The van der Waals surface area contributed by atoms with Crippen molar-refractivity contribution in [2.24, 2.45) is 0 Å². The molecule has 0 saturated heterocycles. The number of hydrogen-bond acceptors (Lipinski definition) is 2. The van der Waals surface area contributed by atoms with Crippen molar-refractivity contribution in [1.82, 2.24) is 5.32 Å². The Kier molecular flexibility index (Phi) is 4.34. The van der Waals surface area contributed by atoms with Gasteiger partial charge in [0, 0.05) is 17.7 Å². The topological polar surface area (TPSA) is 49.3 Å². The highest BCUT2D eigenvalue weighted by Gasteiger charge is 2.02. The normalized spacial score (nSPS) is 11.1. The molecule has 0 spiro atoms. The molecule has 0 fully saturated rings. The molecule has 0 aliphatic heterocycles. The third-order valence-electron chi connectivity index (χ3n) is 2.66. The summed E-state index contributed by atoms with van der Waals surface area (Å²) in [5.74, 6) is 0.00618. The first kappa shape index (κ1) is 12.9. The van der Waals surface area contributed by atoms with Gasteiger partial charge in [-0.15, -0.1) is 0 Å². The minimum Gasteiger partial charge on any atom is -0.508 e. The minimum atomic E-state index is -0.155. The molecule has 0 unspecified atom stereocenters. The van der Waals surface area contributed by atoms with Gasteiger partial charge >= 0.3 is 0 Å². The first-order valence-electron chi connectivity index (χ1n) is 6.05. The molecule has 2 N–H and O–H groups in total. The zero-order valence-corrected chi connectivity index (χ0v) is 10.4. The van der Waals surface area contributed by atoms with Gasteiger partial charge in [0.1, 0.15) is 5.76 Å². The van der Waals surface area contributed by atoms with Crippen molar-refractivity contribution in [3.05, 3.63) is 77.9 Å². The number of carbonyl (C=O) groups is 1. The molecule has 2 rings (SSSR count). The van der Waals surface area contributed by atoms with Crippen LogP contribution in [0.5, 0.6) is 0 Å². The summed E-state index contributed by atoms with van der Waals surface area (Å²) < 4.78 is 0. The maximum Gasteiger partial charge on any atom is 0.251 e. The maximum absolute atomic E-state index is 11.7. The zero-order valence-electron chi connectivity index (χ0n) is 10.4. The highest BCUT2D eigenvalue weighted by atomic mass is 16.3. The fourth-order valence-corrected chi connectivity index (χ4v) is 1.66. The monoisotopic (exact) mass is 253 g/mol. The fourth-order valence-electron chi connectivity index (χ4n) is 1.66. The standard InChI is InChI=1S/C16H15NO2/c18-15(13-7-3-1-4-8-13)11-12-17-16(19)14-9-5-2-6-10-14/h1-11,18H,12H2,(H,17,19). The maximum atomic E-state index is 11.7. The number of aliphatic hydroxyl groups is 1. The van der Waals surface area contributed by atoms with E-state index in [2.05, 4.69) is 5.32 Å². The second-order valence-corrected chi connectivity index (χ2v) is 4.03. The molecule has 0 saturated carbocycles. The SMILES string of the molecule is O=C(NCC=C(O)c1ccccc1)c1ccccc1. The fraction of sp³-hybridized carbons (Fsp3) is 0.0625. The van der Waals surface area contributed by atoms with Gasteiger partial charge in [0.2, 0.25) is 0 Å². The Morgan fingerprint density at radius 3 is 2.05 bits per heavy atom. The Hall–Kier alpha value is -2.55. The van der Waals surface area contributed by atoms with Gasteiger partial charge in [-0.05, 0) is 18.2 Å². The van der Waals surface area contributed by atoms with Crippen LogP contribution in [-0.4, -0.2) is 17.6 Å². The Balaban J connectivity index is 1.92. The van der Waals surface area contributed by atoms with Gasteiger partial charge in [-0.3, -0.25) is 4.79 Å². The van der Waals surface area contributed by atoms with Crippen molar-refractivity contribution in [3.8, 4) is 0 Å². The van der Waals surface area contributed by atoms with Crippen LogP contribution in [0, 0.1) is 0 Å². The van der Waals surface area contributed by atoms with E-state index in [1.165, 1.54) is 0 Å². The summed E-state index contributed by atoms with van der Waals surface area (Å²) >= 11 is 0. The number of hydrogen-bond donors (Lipinski definition) is 2. The van der Waals surface area contributed by atoms with Crippen LogP contribution in [0.4, 0.5) is 0 Å². The molecule has 96 valence electrons. The molecule has 19 heavy (non-hydrogen) atoms. The smallest absolute Gasteiger partial charge is 0.251 e. The third-order valence-corrected chi connectivity index (χ3v) is 2.66. The molecule has 0 aliphatic carbocycles. The van der Waals surface area contributed by atoms with E-state index in [1.807, 2.05) is 48.5 Å². The largest absolute Gasteiger partial charge is 0.508 e. The van der Waals surface area contributed by atoms with Crippen molar-refractivity contribution in [2.75, 3.05) is 6.54 Å². The number of carbonyl (C=O) groups excluding carboxylic acids is 1. The van der Waals surface area contributed by atoms with Crippen LogP contribution < -0.4 is 5.32 Å². The summed E-state index contributed by atoms with van der Waals surface area (Å²) in [4.78, 5) is 11.7. The van der Waals surface area contributed by atoms with Gasteiger partial charge < -0.3 is 10.4 Å². The Bertz CT molecular complexity index is 562. The number of rotatable bonds is 4. The Morgan fingerprint density at radius 2 is 1.47 bits per heavy atom. The molecule has 2 aromatic rings. The lowest BCUT2D eigenvalue weighted by molar-refractivity contribution is 0.0958. The summed E-state index contributed by atoms with van der Waals surface area (Å²) in [6.07, 6.45) is 1.58. The van der Waals surface area contributed by atoms with E-state index in [0.29, 0.717) is 5.56 Å². The van der Waals surface area contributed by atoms with E-state index in [0.717, 1.165) is 5.56 Å². The van der Waals surface area contributed by atoms with Gasteiger partial charge in [-0.25, -0.2) is 0 Å². The lowest BCUT2D eigenvalue weighted by atomic mass is 10.2. The number of nitrogens with one attached hydrogen (secondary N) is 1. The average molecular weight is 253 g/mol. The van der Waals surface area contributed by atoms with Gasteiger partial charge in [-0.1, -0.05) is 48.5 Å². The second-order valence-electron chi connectivity index (χ2n) is 4.03. The molecule has 0 radical (unpaired) electrons. The molecule has 0 bridgehead atoms. The van der Waals surface area contributed by atoms with Crippen molar-refractivity contribution in [2.45, 2.75) is 0 Å². The highest BCUT2D eigenvalue weighted by Crippen LogP contribution is 2.09. The first-order valence-corrected chi connectivity index (χ1v) is 6.05. The molecule has 0 heterocycles. The third kappa shape index (κ3) is 3.71. The molecule has 3 nitrogen and oxygen atoms in total. The van der Waals surface area contributed by atoms with Crippen molar-refractivity contribution >= 4 is 11.7 Å². The molecule has 0 aliphatic rings. The summed E-state index contributed by atoms with van der Waals surface area (Å²) in [5, 5.41) is 12.5. The van der Waals surface area contributed by atoms with Crippen LogP contribution in [0.2, 0.25) is 0 Å². The van der Waals surface area contributed by atoms with Crippen molar-refractivity contribution < 1.29 is 9.90 Å². The zero-order chi connectivity index (χ0) is 13.5. The van der Waals surface area contributed by atoms with Gasteiger partial charge in [0.15, 0.2) is 0 Å². The molecular weight excluding hydrogens is 238 g/mol. The molecule has 2 aromatic carbocycles. The number of amides is 1. The van der Waals surface area contributed by atoms with E-state index in [9.17, 15) is 9.90 Å².